The molecule has 4 atom stereocenters. The number of aliphatic hydroxyl groups excluding tert-OH is 1. The maximum atomic E-state index is 9.34. The molecule has 1 aliphatic carbocycles. The molecular formula is C10H21NO2. The van der Waals surface area contributed by atoms with Crippen LogP contribution in [-0.2, 0) is 4.74 Å². The van der Waals surface area contributed by atoms with Crippen molar-refractivity contribution in [2.24, 2.45) is 0 Å². The van der Waals surface area contributed by atoms with Crippen LogP contribution in [0.15, 0.2) is 0 Å². The minimum atomic E-state index is -0.293. The minimum absolute atomic E-state index is 0.153. The third kappa shape index (κ3) is 2.93. The standard InChI is InChI=1S/C10H21NO2/c1-7(8(2)12)11-9-5-4-6-10(9)13-3/h7-12H,4-6H2,1-3H3. The maximum absolute atomic E-state index is 9.34. The SMILES string of the molecule is COC1CCCC1NC(C)C(C)O. The van der Waals surface area contributed by atoms with E-state index in [4.69, 9.17) is 4.74 Å². The van der Waals surface area contributed by atoms with Gasteiger partial charge in [0.1, 0.15) is 0 Å². The molecule has 0 amide bonds. The number of rotatable bonds is 4. The fraction of sp³-hybridized carbons (Fsp3) is 1.00. The Bertz CT molecular complexity index is 150. The van der Waals surface area contributed by atoms with Gasteiger partial charge in [-0.2, -0.15) is 0 Å². The Hall–Kier alpha value is -0.120. The van der Waals surface area contributed by atoms with Crippen LogP contribution in [0.5, 0.6) is 0 Å². The predicted molar refractivity (Wildman–Crippen MR) is 52.7 cm³/mol. The topological polar surface area (TPSA) is 41.5 Å². The monoisotopic (exact) mass is 187 g/mol. The van der Waals surface area contributed by atoms with Gasteiger partial charge in [-0.3, -0.25) is 0 Å². The fourth-order valence-corrected chi connectivity index (χ4v) is 1.88. The second-order valence-corrected chi connectivity index (χ2v) is 4.01. The summed E-state index contributed by atoms with van der Waals surface area (Å²) in [5, 5.41) is 12.7. The summed E-state index contributed by atoms with van der Waals surface area (Å²) in [7, 11) is 1.76. The van der Waals surface area contributed by atoms with Gasteiger partial charge in [-0.25, -0.2) is 0 Å². The first-order valence-electron chi connectivity index (χ1n) is 5.12. The molecule has 2 N–H and O–H groups in total. The van der Waals surface area contributed by atoms with Crippen LogP contribution in [0, 0.1) is 0 Å². The molecule has 78 valence electrons. The van der Waals surface area contributed by atoms with Gasteiger partial charge in [-0.05, 0) is 33.1 Å². The molecule has 3 heteroatoms. The molecule has 0 aromatic heterocycles. The second kappa shape index (κ2) is 4.94. The van der Waals surface area contributed by atoms with Crippen molar-refractivity contribution in [3.63, 3.8) is 0 Å². The molecule has 1 rings (SSSR count). The fourth-order valence-electron chi connectivity index (χ4n) is 1.88. The van der Waals surface area contributed by atoms with E-state index in [0.29, 0.717) is 12.1 Å². The first-order valence-corrected chi connectivity index (χ1v) is 5.12. The zero-order chi connectivity index (χ0) is 9.84. The molecule has 0 radical (unpaired) electrons. The lowest BCUT2D eigenvalue weighted by Gasteiger charge is -2.25. The third-order valence-corrected chi connectivity index (χ3v) is 2.96. The average Bonchev–Trinajstić information content (AvgIpc) is 2.51. The van der Waals surface area contributed by atoms with E-state index in [-0.39, 0.29) is 12.1 Å². The minimum Gasteiger partial charge on any atom is -0.392 e. The molecule has 0 aromatic rings. The Morgan fingerprint density at radius 3 is 2.62 bits per heavy atom. The average molecular weight is 187 g/mol. The number of ether oxygens (including phenoxy) is 1. The summed E-state index contributed by atoms with van der Waals surface area (Å²) in [5.41, 5.74) is 0. The Balaban J connectivity index is 2.34. The Kier molecular flexibility index (Phi) is 4.16. The van der Waals surface area contributed by atoms with Crippen molar-refractivity contribution in [2.75, 3.05) is 7.11 Å². The van der Waals surface area contributed by atoms with Crippen molar-refractivity contribution in [1.82, 2.24) is 5.32 Å². The van der Waals surface area contributed by atoms with E-state index < -0.39 is 0 Å². The van der Waals surface area contributed by atoms with Gasteiger partial charge in [-0.1, -0.05) is 0 Å². The van der Waals surface area contributed by atoms with Crippen LogP contribution in [0.2, 0.25) is 0 Å². The predicted octanol–water partition coefficient (Wildman–Crippen LogP) is 0.913. The molecule has 0 aromatic carbocycles. The smallest absolute Gasteiger partial charge is 0.0724 e. The van der Waals surface area contributed by atoms with Gasteiger partial charge in [-0.15, -0.1) is 0 Å². The zero-order valence-electron chi connectivity index (χ0n) is 8.79. The molecule has 1 fully saturated rings. The summed E-state index contributed by atoms with van der Waals surface area (Å²) >= 11 is 0. The van der Waals surface area contributed by atoms with E-state index in [2.05, 4.69) is 5.32 Å². The molecule has 4 unspecified atom stereocenters. The third-order valence-electron chi connectivity index (χ3n) is 2.96. The van der Waals surface area contributed by atoms with Crippen LogP contribution < -0.4 is 5.32 Å². The summed E-state index contributed by atoms with van der Waals surface area (Å²) in [6.45, 7) is 3.82. The number of hydrogen-bond acceptors (Lipinski definition) is 3. The number of hydrogen-bond donors (Lipinski definition) is 2. The van der Waals surface area contributed by atoms with E-state index in [9.17, 15) is 5.11 Å². The van der Waals surface area contributed by atoms with Crippen molar-refractivity contribution in [3.05, 3.63) is 0 Å². The molecule has 0 bridgehead atoms. The Morgan fingerprint density at radius 2 is 2.08 bits per heavy atom. The summed E-state index contributed by atoms with van der Waals surface area (Å²) in [5.74, 6) is 0. The lowest BCUT2D eigenvalue weighted by atomic mass is 10.1. The van der Waals surface area contributed by atoms with E-state index >= 15 is 0 Å². The highest BCUT2D eigenvalue weighted by Crippen LogP contribution is 2.22. The number of methoxy groups -OCH3 is 1. The summed E-state index contributed by atoms with van der Waals surface area (Å²) in [6, 6.07) is 0.579. The van der Waals surface area contributed by atoms with Gasteiger partial charge in [0.05, 0.1) is 12.2 Å². The summed E-state index contributed by atoms with van der Waals surface area (Å²) in [4.78, 5) is 0. The van der Waals surface area contributed by atoms with Gasteiger partial charge in [0, 0.05) is 19.2 Å². The number of aliphatic hydroxyl groups is 1. The number of nitrogens with one attached hydrogen (secondary N) is 1. The normalized spacial score (nSPS) is 33.2. The highest BCUT2D eigenvalue weighted by Gasteiger charge is 2.28. The Morgan fingerprint density at radius 1 is 1.38 bits per heavy atom. The van der Waals surface area contributed by atoms with E-state index in [1.165, 1.54) is 6.42 Å². The van der Waals surface area contributed by atoms with Gasteiger partial charge in [0.2, 0.25) is 0 Å². The highest BCUT2D eigenvalue weighted by molar-refractivity contribution is 4.86. The Labute approximate surface area is 80.5 Å². The molecule has 1 aliphatic rings. The van der Waals surface area contributed by atoms with Crippen LogP contribution in [0.3, 0.4) is 0 Å². The van der Waals surface area contributed by atoms with Crippen molar-refractivity contribution in [1.29, 1.82) is 0 Å². The van der Waals surface area contributed by atoms with Crippen LogP contribution >= 0.6 is 0 Å². The maximum Gasteiger partial charge on any atom is 0.0724 e. The molecule has 0 spiro atoms. The highest BCUT2D eigenvalue weighted by atomic mass is 16.5. The lowest BCUT2D eigenvalue weighted by molar-refractivity contribution is 0.0694. The van der Waals surface area contributed by atoms with Gasteiger partial charge >= 0.3 is 0 Å². The summed E-state index contributed by atoms with van der Waals surface area (Å²) < 4.78 is 5.36. The molecule has 3 nitrogen and oxygen atoms in total. The van der Waals surface area contributed by atoms with Gasteiger partial charge < -0.3 is 15.2 Å². The zero-order valence-corrected chi connectivity index (χ0v) is 8.79. The van der Waals surface area contributed by atoms with E-state index in [1.807, 2.05) is 13.8 Å². The van der Waals surface area contributed by atoms with Gasteiger partial charge in [0.25, 0.3) is 0 Å². The summed E-state index contributed by atoms with van der Waals surface area (Å²) in [6.07, 6.45) is 3.57. The molecular weight excluding hydrogens is 166 g/mol. The van der Waals surface area contributed by atoms with Crippen LogP contribution in [-0.4, -0.2) is 36.5 Å². The van der Waals surface area contributed by atoms with Crippen LogP contribution in [0.25, 0.3) is 0 Å². The molecule has 0 heterocycles. The van der Waals surface area contributed by atoms with Gasteiger partial charge in [0.15, 0.2) is 0 Å². The van der Waals surface area contributed by atoms with Crippen molar-refractivity contribution in [2.45, 2.75) is 57.4 Å². The lowest BCUT2D eigenvalue weighted by Crippen LogP contribution is -2.46. The first-order chi connectivity index (χ1) is 6.15. The quantitative estimate of drug-likeness (QED) is 0.687. The van der Waals surface area contributed by atoms with E-state index in [1.54, 1.807) is 7.11 Å². The van der Waals surface area contributed by atoms with Crippen molar-refractivity contribution >= 4 is 0 Å². The van der Waals surface area contributed by atoms with Crippen LogP contribution in [0.4, 0.5) is 0 Å². The van der Waals surface area contributed by atoms with Crippen LogP contribution in [0.1, 0.15) is 33.1 Å². The molecule has 0 aliphatic heterocycles. The molecule has 13 heavy (non-hydrogen) atoms. The van der Waals surface area contributed by atoms with Crippen molar-refractivity contribution in [3.8, 4) is 0 Å². The van der Waals surface area contributed by atoms with E-state index in [0.717, 1.165) is 12.8 Å². The molecule has 0 saturated heterocycles. The molecule has 1 saturated carbocycles. The second-order valence-electron chi connectivity index (χ2n) is 4.01. The first kappa shape index (κ1) is 11.0. The van der Waals surface area contributed by atoms with Crippen molar-refractivity contribution < 1.29 is 9.84 Å². The largest absolute Gasteiger partial charge is 0.392 e.